The third-order valence-corrected chi connectivity index (χ3v) is 9.28. The summed E-state index contributed by atoms with van der Waals surface area (Å²) in [6.07, 6.45) is 4.32. The van der Waals surface area contributed by atoms with Crippen molar-refractivity contribution in [3.8, 4) is 0 Å². The highest BCUT2D eigenvalue weighted by molar-refractivity contribution is 7.10. The molecule has 9 nitrogen and oxygen atoms in total. The third kappa shape index (κ3) is 5.00. The molecule has 0 saturated carbocycles. The van der Waals surface area contributed by atoms with Crippen molar-refractivity contribution < 1.29 is 23.5 Å². The molecule has 0 bridgehead atoms. The number of piperidine rings is 1. The van der Waals surface area contributed by atoms with E-state index in [0.29, 0.717) is 50.5 Å². The summed E-state index contributed by atoms with van der Waals surface area (Å²) in [5.41, 5.74) is 1.89. The number of fused-ring (bicyclic) bond motifs is 1. The number of nitrogens with zero attached hydrogens (tertiary/aromatic N) is 4. The van der Waals surface area contributed by atoms with Gasteiger partial charge in [0, 0.05) is 42.4 Å². The first kappa shape index (κ1) is 24.9. The molecule has 1 saturated heterocycles. The van der Waals surface area contributed by atoms with E-state index in [2.05, 4.69) is 16.5 Å². The molecular formula is C27H28N4O5S2. The summed E-state index contributed by atoms with van der Waals surface area (Å²) >= 11 is 3.29. The Morgan fingerprint density at radius 3 is 2.82 bits per heavy atom. The first-order chi connectivity index (χ1) is 18.6. The molecule has 0 radical (unpaired) electrons. The highest BCUT2D eigenvalue weighted by Gasteiger charge is 2.37. The number of furan rings is 1. The minimum absolute atomic E-state index is 0.0360. The maximum Gasteiger partial charge on any atom is 0.320 e. The van der Waals surface area contributed by atoms with Crippen molar-refractivity contribution in [2.24, 2.45) is 11.0 Å². The van der Waals surface area contributed by atoms with Gasteiger partial charge in [0.2, 0.25) is 0 Å². The van der Waals surface area contributed by atoms with Crippen molar-refractivity contribution in [2.45, 2.75) is 38.3 Å². The van der Waals surface area contributed by atoms with Crippen LogP contribution in [0, 0.1) is 5.92 Å². The summed E-state index contributed by atoms with van der Waals surface area (Å²) in [7, 11) is 0. The van der Waals surface area contributed by atoms with Crippen molar-refractivity contribution in [1.82, 2.24) is 14.8 Å². The van der Waals surface area contributed by atoms with Crippen molar-refractivity contribution in [1.29, 1.82) is 0 Å². The zero-order chi connectivity index (χ0) is 26.1. The van der Waals surface area contributed by atoms with Gasteiger partial charge in [0.15, 0.2) is 6.61 Å². The van der Waals surface area contributed by atoms with Crippen LogP contribution in [0.1, 0.15) is 46.4 Å². The molecule has 3 aliphatic rings. The minimum atomic E-state index is -0.448. The molecule has 0 aromatic carbocycles. The maximum atomic E-state index is 13.2. The van der Waals surface area contributed by atoms with Crippen molar-refractivity contribution in [3.05, 3.63) is 68.4 Å². The Hall–Kier alpha value is -3.44. The number of hydrogen-bond acceptors (Lipinski definition) is 8. The highest BCUT2D eigenvalue weighted by Crippen LogP contribution is 2.35. The number of likely N-dealkylation sites (tertiary alicyclic amines) is 1. The van der Waals surface area contributed by atoms with Gasteiger partial charge in [0.25, 0.3) is 5.91 Å². The Balaban J connectivity index is 1.06. The fraction of sp³-hybridized carbons (Fsp3) is 0.407. The minimum Gasteiger partial charge on any atom is -0.463 e. The van der Waals surface area contributed by atoms with Crippen molar-refractivity contribution >= 4 is 46.3 Å². The quantitative estimate of drug-likeness (QED) is 0.434. The van der Waals surface area contributed by atoms with Gasteiger partial charge in [0.05, 0.1) is 18.2 Å². The standard InChI is InChI=1S/C27H28N4O5S2/c32-25(31-21(24-6-3-12-37-24)14-20(28-31)22-5-2-11-35-22)17-36-26(33)19-4-1-9-29(16-19)27(34)30-10-7-23-18(15-30)8-13-38-23/h2-3,5-6,8,11-13,19,21H,1,4,7,9-10,14-17H2. The van der Waals surface area contributed by atoms with E-state index in [9.17, 15) is 14.4 Å². The highest BCUT2D eigenvalue weighted by atomic mass is 32.1. The number of thiophene rings is 2. The van der Waals surface area contributed by atoms with E-state index in [1.54, 1.807) is 39.9 Å². The second-order valence-corrected chi connectivity index (χ2v) is 11.7. The molecule has 3 aliphatic heterocycles. The van der Waals surface area contributed by atoms with Crippen molar-refractivity contribution in [3.63, 3.8) is 0 Å². The SMILES string of the molecule is O=C(OCC(=O)N1N=C(c2ccco2)CC1c1cccs1)C1CCCN(C(=O)N2CCc3sccc3C2)C1. The van der Waals surface area contributed by atoms with Crippen molar-refractivity contribution in [2.75, 3.05) is 26.2 Å². The molecule has 11 heteroatoms. The number of esters is 1. The lowest BCUT2D eigenvalue weighted by atomic mass is 9.98. The first-order valence-corrected chi connectivity index (χ1v) is 14.6. The van der Waals surface area contributed by atoms with Gasteiger partial charge in [-0.25, -0.2) is 9.80 Å². The van der Waals surface area contributed by atoms with Gasteiger partial charge in [-0.2, -0.15) is 5.10 Å². The van der Waals surface area contributed by atoms with E-state index in [4.69, 9.17) is 9.15 Å². The molecule has 1 fully saturated rings. The average molecular weight is 553 g/mol. The smallest absolute Gasteiger partial charge is 0.320 e. The summed E-state index contributed by atoms with van der Waals surface area (Å²) in [5.74, 6) is -0.663. The molecule has 0 spiro atoms. The number of amides is 3. The van der Waals surface area contributed by atoms with Crippen LogP contribution in [0.2, 0.25) is 0 Å². The Morgan fingerprint density at radius 2 is 2.00 bits per heavy atom. The number of carbonyl (C=O) groups is 3. The average Bonchev–Trinajstić information content (AvgIpc) is 3.76. The number of hydrazone groups is 1. The molecule has 0 aliphatic carbocycles. The lowest BCUT2D eigenvalue weighted by molar-refractivity contribution is -0.157. The fourth-order valence-corrected chi connectivity index (χ4v) is 7.01. The summed E-state index contributed by atoms with van der Waals surface area (Å²) < 4.78 is 11.0. The molecule has 3 amide bonds. The zero-order valence-electron chi connectivity index (χ0n) is 20.8. The van der Waals surface area contributed by atoms with E-state index >= 15 is 0 Å². The van der Waals surface area contributed by atoms with Gasteiger partial charge >= 0.3 is 12.0 Å². The number of ether oxygens (including phenoxy) is 1. The molecule has 3 aromatic heterocycles. The summed E-state index contributed by atoms with van der Waals surface area (Å²) in [5, 5.41) is 9.96. The number of hydrogen-bond donors (Lipinski definition) is 0. The monoisotopic (exact) mass is 552 g/mol. The number of rotatable bonds is 5. The van der Waals surface area contributed by atoms with E-state index in [1.165, 1.54) is 15.4 Å². The molecule has 2 atom stereocenters. The summed E-state index contributed by atoms with van der Waals surface area (Å²) in [6, 6.07) is 9.29. The zero-order valence-corrected chi connectivity index (χ0v) is 22.4. The molecule has 6 rings (SSSR count). The normalized spacial score (nSPS) is 21.3. The Bertz CT molecular complexity index is 1330. The van der Waals surface area contributed by atoms with Crippen LogP contribution in [0.25, 0.3) is 0 Å². The molecule has 2 unspecified atom stereocenters. The predicted molar refractivity (Wildman–Crippen MR) is 143 cm³/mol. The Kier molecular flexibility index (Phi) is 7.03. The number of urea groups is 1. The van der Waals surface area contributed by atoms with Gasteiger partial charge in [-0.15, -0.1) is 22.7 Å². The van der Waals surface area contributed by atoms with Crippen LogP contribution in [0.5, 0.6) is 0 Å². The van der Waals surface area contributed by atoms with Crippen LogP contribution in [-0.4, -0.2) is 64.7 Å². The molecule has 198 valence electrons. The molecule has 3 aromatic rings. The van der Waals surface area contributed by atoms with Gasteiger partial charge in [-0.05, 0) is 59.9 Å². The second-order valence-electron chi connectivity index (χ2n) is 9.71. The molecular weight excluding hydrogens is 524 g/mol. The topological polar surface area (TPSA) is 95.7 Å². The fourth-order valence-electron chi connectivity index (χ4n) is 5.31. The first-order valence-electron chi connectivity index (χ1n) is 12.8. The largest absolute Gasteiger partial charge is 0.463 e. The summed E-state index contributed by atoms with van der Waals surface area (Å²) in [6.45, 7) is 1.83. The number of carbonyl (C=O) groups excluding carboxylic acids is 3. The third-order valence-electron chi connectivity index (χ3n) is 7.28. The molecule has 0 N–H and O–H groups in total. The van der Waals surface area contributed by atoms with E-state index < -0.39 is 18.5 Å². The second kappa shape index (κ2) is 10.7. The van der Waals surface area contributed by atoms with Crippen LogP contribution in [-0.2, 0) is 27.3 Å². The van der Waals surface area contributed by atoms with Crippen LogP contribution in [0.4, 0.5) is 4.79 Å². The Morgan fingerprint density at radius 1 is 1.08 bits per heavy atom. The van der Waals surface area contributed by atoms with E-state index in [1.807, 2.05) is 28.5 Å². The van der Waals surface area contributed by atoms with Crippen LogP contribution >= 0.6 is 22.7 Å². The van der Waals surface area contributed by atoms with Gasteiger partial charge in [-0.3, -0.25) is 9.59 Å². The van der Waals surface area contributed by atoms with E-state index in [-0.39, 0.29) is 18.0 Å². The molecule has 38 heavy (non-hydrogen) atoms. The van der Waals surface area contributed by atoms with Crippen LogP contribution < -0.4 is 0 Å². The lowest BCUT2D eigenvalue weighted by Gasteiger charge is -2.37. The van der Waals surface area contributed by atoms with Crippen LogP contribution in [0.15, 0.2) is 56.9 Å². The predicted octanol–water partition coefficient (Wildman–Crippen LogP) is 4.51. The van der Waals surface area contributed by atoms with Gasteiger partial charge in [0.1, 0.15) is 11.5 Å². The van der Waals surface area contributed by atoms with Crippen LogP contribution in [0.3, 0.4) is 0 Å². The molecule has 6 heterocycles. The maximum absolute atomic E-state index is 13.2. The van der Waals surface area contributed by atoms with Gasteiger partial charge < -0.3 is 19.0 Å². The van der Waals surface area contributed by atoms with Gasteiger partial charge in [-0.1, -0.05) is 6.07 Å². The lowest BCUT2D eigenvalue weighted by Crippen LogP contribution is -2.50. The Labute approximate surface area is 228 Å². The summed E-state index contributed by atoms with van der Waals surface area (Å²) in [4.78, 5) is 45.3. The van der Waals surface area contributed by atoms with E-state index in [0.717, 1.165) is 17.7 Å².